The number of pyridine rings is 2. The van der Waals surface area contributed by atoms with Crippen molar-refractivity contribution >= 4 is 27.5 Å². The third kappa shape index (κ3) is 4.24. The van der Waals surface area contributed by atoms with Gasteiger partial charge >= 0.3 is 0 Å². The zero-order valence-corrected chi connectivity index (χ0v) is 21.4. The minimum atomic E-state index is -0.345. The number of benzene rings is 2. The maximum absolute atomic E-state index is 13.6. The largest absolute Gasteiger partial charge is 0.475 e. The normalized spacial score (nSPS) is 15.2. The summed E-state index contributed by atoms with van der Waals surface area (Å²) in [6, 6.07) is 16.9. The van der Waals surface area contributed by atoms with Crippen LogP contribution in [-0.2, 0) is 4.74 Å². The number of aromatic amines is 2. The van der Waals surface area contributed by atoms with Crippen LogP contribution in [0.4, 0.5) is 5.69 Å². The van der Waals surface area contributed by atoms with Gasteiger partial charge in [0.25, 0.3) is 5.56 Å². The smallest absolute Gasteiger partial charge is 0.261 e. The van der Waals surface area contributed by atoms with Gasteiger partial charge in [-0.05, 0) is 48.7 Å². The summed E-state index contributed by atoms with van der Waals surface area (Å²) in [4.78, 5) is 30.3. The van der Waals surface area contributed by atoms with Gasteiger partial charge in [-0.15, -0.1) is 0 Å². The molecule has 10 nitrogen and oxygen atoms in total. The third-order valence-corrected chi connectivity index (χ3v) is 7.19. The van der Waals surface area contributed by atoms with Gasteiger partial charge in [0.2, 0.25) is 5.88 Å². The molecule has 0 unspecified atom stereocenters. The molecule has 0 saturated carbocycles. The Bertz CT molecular complexity index is 1910. The molecule has 198 valence electrons. The molecule has 1 aliphatic heterocycles. The Balaban J connectivity index is 1.45. The monoisotopic (exact) mass is 531 g/mol. The van der Waals surface area contributed by atoms with E-state index in [1.54, 1.807) is 30.7 Å². The van der Waals surface area contributed by atoms with Crippen LogP contribution in [0, 0.1) is 0 Å². The summed E-state index contributed by atoms with van der Waals surface area (Å²) >= 11 is 0. The predicted octanol–water partition coefficient (Wildman–Crippen LogP) is 4.73. The molecule has 4 aromatic heterocycles. The van der Waals surface area contributed by atoms with Gasteiger partial charge in [-0.1, -0.05) is 18.2 Å². The average Bonchev–Trinajstić information content (AvgIpc) is 3.69. The van der Waals surface area contributed by atoms with Gasteiger partial charge in [-0.3, -0.25) is 14.9 Å². The van der Waals surface area contributed by atoms with Crippen LogP contribution in [0.3, 0.4) is 0 Å². The van der Waals surface area contributed by atoms with Crippen molar-refractivity contribution in [3.63, 3.8) is 0 Å². The number of rotatable bonds is 6. The summed E-state index contributed by atoms with van der Waals surface area (Å²) in [5, 5.41) is 8.37. The molecule has 0 amide bonds. The lowest BCUT2D eigenvalue weighted by atomic mass is 9.94. The number of hydrogen-bond donors (Lipinski definition) is 3. The highest BCUT2D eigenvalue weighted by molar-refractivity contribution is 6.09. The molecule has 10 heteroatoms. The van der Waals surface area contributed by atoms with Gasteiger partial charge in [-0.25, -0.2) is 9.97 Å². The van der Waals surface area contributed by atoms with E-state index >= 15 is 0 Å². The van der Waals surface area contributed by atoms with E-state index in [0.717, 1.165) is 41.5 Å². The van der Waals surface area contributed by atoms with Crippen LogP contribution in [0.1, 0.15) is 12.8 Å². The van der Waals surface area contributed by atoms with Crippen LogP contribution in [0.15, 0.2) is 78.0 Å². The molecule has 2 aromatic carbocycles. The summed E-state index contributed by atoms with van der Waals surface area (Å²) < 4.78 is 11.7. The van der Waals surface area contributed by atoms with Crippen molar-refractivity contribution < 1.29 is 9.47 Å². The van der Waals surface area contributed by atoms with Gasteiger partial charge in [0, 0.05) is 47.1 Å². The number of nitrogens with two attached hydrogens (primary N) is 1. The number of anilines is 1. The van der Waals surface area contributed by atoms with E-state index in [9.17, 15) is 4.79 Å². The molecular formula is C30H25N7O3. The molecule has 0 spiro atoms. The molecule has 0 radical (unpaired) electrons. The quantitative estimate of drug-likeness (QED) is 0.262. The van der Waals surface area contributed by atoms with E-state index < -0.39 is 0 Å². The van der Waals surface area contributed by atoms with Crippen LogP contribution in [-0.4, -0.2) is 49.5 Å². The average molecular weight is 532 g/mol. The van der Waals surface area contributed by atoms with Gasteiger partial charge in [0.05, 0.1) is 40.1 Å². The van der Waals surface area contributed by atoms with Crippen molar-refractivity contribution in [3.05, 3.63) is 83.5 Å². The van der Waals surface area contributed by atoms with Gasteiger partial charge in [0.15, 0.2) is 0 Å². The molecule has 4 N–H and O–H groups in total. The fourth-order valence-corrected chi connectivity index (χ4v) is 5.21. The molecule has 1 aliphatic rings. The highest BCUT2D eigenvalue weighted by Gasteiger charge is 2.21. The Labute approximate surface area is 228 Å². The van der Waals surface area contributed by atoms with E-state index in [0.29, 0.717) is 51.7 Å². The molecule has 5 heterocycles. The first-order valence-corrected chi connectivity index (χ1v) is 13.1. The second-order valence-corrected chi connectivity index (χ2v) is 9.70. The molecule has 7 rings (SSSR count). The zero-order valence-electron chi connectivity index (χ0n) is 21.4. The first kappa shape index (κ1) is 24.0. The molecule has 1 atom stereocenters. The second-order valence-electron chi connectivity index (χ2n) is 9.70. The Morgan fingerprint density at radius 2 is 1.90 bits per heavy atom. The van der Waals surface area contributed by atoms with Crippen molar-refractivity contribution in [2.75, 3.05) is 18.9 Å². The lowest BCUT2D eigenvalue weighted by Gasteiger charge is -2.16. The van der Waals surface area contributed by atoms with Gasteiger partial charge in [-0.2, -0.15) is 5.10 Å². The lowest BCUT2D eigenvalue weighted by Crippen LogP contribution is -2.16. The molecule has 1 fully saturated rings. The van der Waals surface area contributed by atoms with Crippen LogP contribution in [0.25, 0.3) is 55.6 Å². The first-order valence-electron chi connectivity index (χ1n) is 13.1. The maximum atomic E-state index is 13.6. The van der Waals surface area contributed by atoms with Gasteiger partial charge in [0.1, 0.15) is 12.4 Å². The summed E-state index contributed by atoms with van der Waals surface area (Å²) in [5.41, 5.74) is 11.5. The molecular weight excluding hydrogens is 506 g/mol. The summed E-state index contributed by atoms with van der Waals surface area (Å²) in [6.07, 6.45) is 7.12. The number of nitrogens with zero attached hydrogens (tertiary/aromatic N) is 4. The summed E-state index contributed by atoms with van der Waals surface area (Å²) in [5.74, 6) is 0.881. The number of fused-ring (bicyclic) bond motifs is 2. The van der Waals surface area contributed by atoms with Crippen molar-refractivity contribution in [1.82, 2.24) is 30.1 Å². The SMILES string of the molecule is Nc1c(-c2cccc3[nH]ncc23)cc(-c2cccc(OC[C@H]3CCCO3)n2)c2nc(-c3ccncc3)[nH]c(=O)c12. The van der Waals surface area contributed by atoms with Crippen LogP contribution in [0.2, 0.25) is 0 Å². The number of nitrogens with one attached hydrogen (secondary N) is 2. The van der Waals surface area contributed by atoms with Gasteiger partial charge < -0.3 is 20.2 Å². The molecule has 0 aliphatic carbocycles. The highest BCUT2D eigenvalue weighted by atomic mass is 16.5. The van der Waals surface area contributed by atoms with E-state index in [2.05, 4.69) is 20.2 Å². The van der Waals surface area contributed by atoms with Crippen LogP contribution >= 0.6 is 0 Å². The number of aromatic nitrogens is 6. The van der Waals surface area contributed by atoms with Crippen molar-refractivity contribution in [3.8, 4) is 39.7 Å². The lowest BCUT2D eigenvalue weighted by molar-refractivity contribution is 0.0664. The van der Waals surface area contributed by atoms with E-state index in [1.165, 1.54) is 0 Å². The minimum absolute atomic E-state index is 0.0630. The summed E-state index contributed by atoms with van der Waals surface area (Å²) in [7, 11) is 0. The summed E-state index contributed by atoms with van der Waals surface area (Å²) in [6.45, 7) is 1.18. The van der Waals surface area contributed by atoms with Crippen molar-refractivity contribution in [2.45, 2.75) is 18.9 Å². The Hall–Kier alpha value is -5.09. The standard InChI is InChI=1S/C30H25N7O3/c31-27-20(19-5-1-7-24-22(19)15-33-37-24)14-21(23-6-2-8-25(34-23)40-16-18-4-3-13-39-18)28-26(27)30(38)36-29(35-28)17-9-11-32-12-10-17/h1-2,5-12,14-15,18H,3-4,13,16,31H2,(H,33,37)(H,35,36,38)/t18-/m1/s1. The number of H-pyrrole nitrogens is 2. The predicted molar refractivity (Wildman–Crippen MR) is 153 cm³/mol. The molecule has 6 aromatic rings. The first-order chi connectivity index (χ1) is 19.7. The zero-order chi connectivity index (χ0) is 27.1. The Morgan fingerprint density at radius 1 is 1.02 bits per heavy atom. The molecule has 0 bridgehead atoms. The van der Waals surface area contributed by atoms with E-state index in [-0.39, 0.29) is 11.7 Å². The topological polar surface area (TPSA) is 145 Å². The fourth-order valence-electron chi connectivity index (χ4n) is 5.21. The number of nitrogen functional groups attached to an aromatic ring is 1. The van der Waals surface area contributed by atoms with E-state index in [1.807, 2.05) is 42.5 Å². The number of ether oxygens (including phenoxy) is 2. The van der Waals surface area contributed by atoms with E-state index in [4.69, 9.17) is 25.2 Å². The minimum Gasteiger partial charge on any atom is -0.475 e. The second kappa shape index (κ2) is 9.90. The third-order valence-electron chi connectivity index (χ3n) is 7.19. The fraction of sp³-hybridized carbons (Fsp3) is 0.167. The molecule has 40 heavy (non-hydrogen) atoms. The Morgan fingerprint density at radius 3 is 2.75 bits per heavy atom. The maximum Gasteiger partial charge on any atom is 0.261 e. The van der Waals surface area contributed by atoms with Crippen LogP contribution < -0.4 is 16.0 Å². The highest BCUT2D eigenvalue weighted by Crippen LogP contribution is 2.40. The molecule has 1 saturated heterocycles. The number of hydrogen-bond acceptors (Lipinski definition) is 8. The van der Waals surface area contributed by atoms with Crippen LogP contribution in [0.5, 0.6) is 5.88 Å². The Kier molecular flexibility index (Phi) is 5.94. The van der Waals surface area contributed by atoms with Crippen molar-refractivity contribution in [2.24, 2.45) is 0 Å². The van der Waals surface area contributed by atoms with Crippen molar-refractivity contribution in [1.29, 1.82) is 0 Å².